The summed E-state index contributed by atoms with van der Waals surface area (Å²) < 4.78 is 6.77. The number of para-hydroxylation sites is 1. The average molecular weight is 418 g/mol. The van der Waals surface area contributed by atoms with Crippen LogP contribution in [0.3, 0.4) is 0 Å². The summed E-state index contributed by atoms with van der Waals surface area (Å²) in [7, 11) is 0. The second-order valence-electron chi connectivity index (χ2n) is 7.41. The molecular formula is C22H28BrNO2. The molecule has 26 heavy (non-hydrogen) atoms. The molecule has 0 aliphatic carbocycles. The summed E-state index contributed by atoms with van der Waals surface area (Å²) in [4.78, 5) is 12.1. The summed E-state index contributed by atoms with van der Waals surface area (Å²) in [6.45, 7) is 9.15. The molecule has 0 spiro atoms. The minimum Gasteiger partial charge on any atom is -0.492 e. The molecule has 4 heteroatoms. The third kappa shape index (κ3) is 5.87. The van der Waals surface area contributed by atoms with E-state index in [1.807, 2.05) is 30.3 Å². The maximum absolute atomic E-state index is 12.1. The Morgan fingerprint density at radius 2 is 1.88 bits per heavy atom. The molecule has 1 amide bonds. The molecule has 0 heterocycles. The van der Waals surface area contributed by atoms with Crippen molar-refractivity contribution in [1.29, 1.82) is 0 Å². The minimum atomic E-state index is 0.0247. The van der Waals surface area contributed by atoms with Crippen molar-refractivity contribution >= 4 is 27.5 Å². The van der Waals surface area contributed by atoms with Gasteiger partial charge in [-0.2, -0.15) is 0 Å². The van der Waals surface area contributed by atoms with Gasteiger partial charge in [-0.05, 0) is 63.5 Å². The standard InChI is InChI=1S/C22H28BrNO2/c1-5-16-9-6-7-10-19(16)24-21(25)11-8-14-26-20-13-12-17(15-18(20)23)22(2,3)4/h6-7,9-10,12-13,15H,5,8,11,14H2,1-4H3,(H,24,25). The molecule has 0 bridgehead atoms. The number of rotatable bonds is 7. The van der Waals surface area contributed by atoms with E-state index in [1.165, 1.54) is 5.56 Å². The third-order valence-corrected chi connectivity index (χ3v) is 4.90. The molecule has 2 aromatic rings. The molecule has 0 aliphatic heterocycles. The monoisotopic (exact) mass is 417 g/mol. The summed E-state index contributed by atoms with van der Waals surface area (Å²) >= 11 is 3.58. The maximum Gasteiger partial charge on any atom is 0.224 e. The van der Waals surface area contributed by atoms with Gasteiger partial charge in [0.2, 0.25) is 5.91 Å². The van der Waals surface area contributed by atoms with E-state index in [9.17, 15) is 4.79 Å². The zero-order valence-electron chi connectivity index (χ0n) is 16.1. The van der Waals surface area contributed by atoms with Crippen LogP contribution in [0.1, 0.15) is 51.7 Å². The first kappa shape index (κ1) is 20.5. The number of nitrogens with one attached hydrogen (secondary N) is 1. The summed E-state index contributed by atoms with van der Waals surface area (Å²) in [5, 5.41) is 2.99. The van der Waals surface area contributed by atoms with Gasteiger partial charge in [-0.15, -0.1) is 0 Å². The fourth-order valence-corrected chi connectivity index (χ4v) is 3.16. The van der Waals surface area contributed by atoms with E-state index in [0.717, 1.165) is 27.9 Å². The Balaban J connectivity index is 1.81. The molecule has 0 saturated carbocycles. The van der Waals surface area contributed by atoms with Gasteiger partial charge in [0.15, 0.2) is 0 Å². The third-order valence-electron chi connectivity index (χ3n) is 4.28. The van der Waals surface area contributed by atoms with E-state index in [0.29, 0.717) is 19.4 Å². The number of carbonyl (C=O) groups excluding carboxylic acids is 1. The quantitative estimate of drug-likeness (QED) is 0.551. The lowest BCUT2D eigenvalue weighted by Crippen LogP contribution is -2.14. The van der Waals surface area contributed by atoms with E-state index in [-0.39, 0.29) is 11.3 Å². The Morgan fingerprint density at radius 3 is 2.54 bits per heavy atom. The van der Waals surface area contributed by atoms with Gasteiger partial charge in [-0.3, -0.25) is 4.79 Å². The van der Waals surface area contributed by atoms with E-state index in [1.54, 1.807) is 0 Å². The van der Waals surface area contributed by atoms with Crippen molar-refractivity contribution in [2.75, 3.05) is 11.9 Å². The SMILES string of the molecule is CCc1ccccc1NC(=O)CCCOc1ccc(C(C)(C)C)cc1Br. The topological polar surface area (TPSA) is 38.3 Å². The number of ether oxygens (including phenoxy) is 1. The number of anilines is 1. The van der Waals surface area contributed by atoms with Crippen LogP contribution in [-0.2, 0) is 16.6 Å². The zero-order chi connectivity index (χ0) is 19.2. The summed E-state index contributed by atoms with van der Waals surface area (Å²) in [6, 6.07) is 14.1. The van der Waals surface area contributed by atoms with E-state index < -0.39 is 0 Å². The second-order valence-corrected chi connectivity index (χ2v) is 8.26. The van der Waals surface area contributed by atoms with Gasteiger partial charge in [-0.25, -0.2) is 0 Å². The van der Waals surface area contributed by atoms with Crippen LogP contribution in [0, 0.1) is 0 Å². The van der Waals surface area contributed by atoms with E-state index in [4.69, 9.17) is 4.74 Å². The first-order valence-electron chi connectivity index (χ1n) is 9.12. The number of carbonyl (C=O) groups is 1. The fraction of sp³-hybridized carbons (Fsp3) is 0.409. The predicted octanol–water partition coefficient (Wildman–Crippen LogP) is 6.11. The van der Waals surface area contributed by atoms with Gasteiger partial charge in [0.1, 0.15) is 5.75 Å². The van der Waals surface area contributed by atoms with Gasteiger partial charge in [0.25, 0.3) is 0 Å². The smallest absolute Gasteiger partial charge is 0.224 e. The second kappa shape index (κ2) is 9.22. The van der Waals surface area contributed by atoms with Gasteiger partial charge in [0.05, 0.1) is 11.1 Å². The van der Waals surface area contributed by atoms with Crippen LogP contribution < -0.4 is 10.1 Å². The van der Waals surface area contributed by atoms with Crippen LogP contribution in [0.15, 0.2) is 46.9 Å². The van der Waals surface area contributed by atoms with Gasteiger partial charge in [-0.1, -0.05) is 52.0 Å². The summed E-state index contributed by atoms with van der Waals surface area (Å²) in [5.41, 5.74) is 3.42. The lowest BCUT2D eigenvalue weighted by Gasteiger charge is -2.20. The van der Waals surface area contributed by atoms with E-state index >= 15 is 0 Å². The van der Waals surface area contributed by atoms with Crippen molar-refractivity contribution in [2.24, 2.45) is 0 Å². The Morgan fingerprint density at radius 1 is 1.15 bits per heavy atom. The van der Waals surface area contributed by atoms with Crippen LogP contribution >= 0.6 is 15.9 Å². The highest BCUT2D eigenvalue weighted by Crippen LogP contribution is 2.31. The molecule has 1 N–H and O–H groups in total. The Hall–Kier alpha value is -1.81. The van der Waals surface area contributed by atoms with Gasteiger partial charge >= 0.3 is 0 Å². The summed E-state index contributed by atoms with van der Waals surface area (Å²) in [6.07, 6.45) is 2.02. The zero-order valence-corrected chi connectivity index (χ0v) is 17.7. The largest absolute Gasteiger partial charge is 0.492 e. The number of hydrogen-bond acceptors (Lipinski definition) is 2. The number of aryl methyl sites for hydroxylation is 1. The minimum absolute atomic E-state index is 0.0247. The average Bonchev–Trinajstić information content (AvgIpc) is 2.59. The van der Waals surface area contributed by atoms with Crippen molar-refractivity contribution in [3.63, 3.8) is 0 Å². The van der Waals surface area contributed by atoms with Gasteiger partial charge in [0, 0.05) is 12.1 Å². The molecule has 2 rings (SSSR count). The van der Waals surface area contributed by atoms with Crippen molar-refractivity contribution in [2.45, 2.75) is 52.4 Å². The highest BCUT2D eigenvalue weighted by Gasteiger charge is 2.15. The number of amides is 1. The molecule has 0 aromatic heterocycles. The highest BCUT2D eigenvalue weighted by molar-refractivity contribution is 9.10. The maximum atomic E-state index is 12.1. The molecule has 3 nitrogen and oxygen atoms in total. The van der Waals surface area contributed by atoms with Crippen LogP contribution in [0.25, 0.3) is 0 Å². The molecule has 0 radical (unpaired) electrons. The Kier molecular flexibility index (Phi) is 7.27. The molecule has 0 fully saturated rings. The number of halogens is 1. The first-order valence-corrected chi connectivity index (χ1v) is 9.91. The lowest BCUT2D eigenvalue weighted by atomic mass is 9.87. The van der Waals surface area contributed by atoms with Gasteiger partial charge < -0.3 is 10.1 Å². The molecule has 0 unspecified atom stereocenters. The number of benzene rings is 2. The van der Waals surface area contributed by atoms with Crippen molar-refractivity contribution in [3.8, 4) is 5.75 Å². The Labute approximate surface area is 165 Å². The number of hydrogen-bond donors (Lipinski definition) is 1. The van der Waals surface area contributed by atoms with Crippen LogP contribution in [0.4, 0.5) is 5.69 Å². The normalized spacial score (nSPS) is 11.3. The molecule has 0 aliphatic rings. The molecule has 0 atom stereocenters. The molecule has 0 saturated heterocycles. The van der Waals surface area contributed by atoms with Crippen molar-refractivity contribution in [3.05, 3.63) is 58.1 Å². The predicted molar refractivity (Wildman–Crippen MR) is 112 cm³/mol. The van der Waals surface area contributed by atoms with Crippen LogP contribution in [0.2, 0.25) is 0 Å². The highest BCUT2D eigenvalue weighted by atomic mass is 79.9. The molecular weight excluding hydrogens is 390 g/mol. The first-order chi connectivity index (χ1) is 12.3. The lowest BCUT2D eigenvalue weighted by molar-refractivity contribution is -0.116. The van der Waals surface area contributed by atoms with Crippen molar-refractivity contribution in [1.82, 2.24) is 0 Å². The van der Waals surface area contributed by atoms with E-state index in [2.05, 4.69) is 61.1 Å². The summed E-state index contributed by atoms with van der Waals surface area (Å²) in [5.74, 6) is 0.839. The molecule has 2 aromatic carbocycles. The fourth-order valence-electron chi connectivity index (χ4n) is 2.66. The molecule has 140 valence electrons. The van der Waals surface area contributed by atoms with Crippen molar-refractivity contribution < 1.29 is 9.53 Å². The Bertz CT molecular complexity index is 750. The van der Waals surface area contributed by atoms with Crippen LogP contribution in [-0.4, -0.2) is 12.5 Å². The van der Waals surface area contributed by atoms with Crippen LogP contribution in [0.5, 0.6) is 5.75 Å².